The zero-order chi connectivity index (χ0) is 11.6. The Hall–Kier alpha value is -1.35. The normalized spacial score (nSPS) is 25.1. The van der Waals surface area contributed by atoms with Gasteiger partial charge in [0.15, 0.2) is 0 Å². The van der Waals surface area contributed by atoms with E-state index >= 15 is 0 Å². The van der Waals surface area contributed by atoms with Crippen LogP contribution in [0.4, 0.5) is 0 Å². The zero-order valence-corrected chi connectivity index (χ0v) is 9.65. The van der Waals surface area contributed by atoms with Crippen LogP contribution in [-0.4, -0.2) is 24.0 Å². The molecule has 1 atom stereocenters. The van der Waals surface area contributed by atoms with E-state index in [0.29, 0.717) is 6.67 Å². The summed E-state index contributed by atoms with van der Waals surface area (Å²) in [6.45, 7) is 3.18. The topological polar surface area (TPSA) is 46.3 Å². The van der Waals surface area contributed by atoms with Gasteiger partial charge in [0, 0.05) is 6.54 Å². The van der Waals surface area contributed by atoms with Gasteiger partial charge in [0.2, 0.25) is 5.91 Å². The number of rotatable bonds is 3. The Morgan fingerprint density at radius 3 is 2.56 bits per heavy atom. The summed E-state index contributed by atoms with van der Waals surface area (Å²) in [7, 11) is 0. The van der Waals surface area contributed by atoms with E-state index in [1.165, 1.54) is 0 Å². The van der Waals surface area contributed by atoms with E-state index in [9.17, 15) is 4.79 Å². The van der Waals surface area contributed by atoms with Crippen molar-refractivity contribution in [2.75, 3.05) is 13.2 Å². The lowest BCUT2D eigenvalue weighted by atomic mass is 9.77. The Morgan fingerprint density at radius 2 is 2.06 bits per heavy atom. The Morgan fingerprint density at radius 1 is 1.38 bits per heavy atom. The molecule has 16 heavy (non-hydrogen) atoms. The minimum absolute atomic E-state index is 0.184. The maximum Gasteiger partial charge on any atom is 0.234 e. The Kier molecular flexibility index (Phi) is 2.97. The lowest BCUT2D eigenvalue weighted by Gasteiger charge is -2.26. The van der Waals surface area contributed by atoms with Crippen LogP contribution in [-0.2, 0) is 10.2 Å². The molecule has 86 valence electrons. The number of nitrogens with two attached hydrogens (primary N) is 1. The van der Waals surface area contributed by atoms with Crippen LogP contribution in [0.1, 0.15) is 25.3 Å². The smallest absolute Gasteiger partial charge is 0.234 e. The minimum atomic E-state index is -0.333. The van der Waals surface area contributed by atoms with Crippen LogP contribution >= 0.6 is 0 Å². The second kappa shape index (κ2) is 4.26. The molecule has 0 aliphatic carbocycles. The van der Waals surface area contributed by atoms with Gasteiger partial charge >= 0.3 is 0 Å². The molecule has 0 saturated carbocycles. The van der Waals surface area contributed by atoms with Crippen molar-refractivity contribution in [3.05, 3.63) is 35.9 Å². The van der Waals surface area contributed by atoms with Gasteiger partial charge < -0.3 is 10.6 Å². The number of carbonyl (C=O) groups is 1. The summed E-state index contributed by atoms with van der Waals surface area (Å²) in [5.74, 6) is 0.184. The Labute approximate surface area is 96.2 Å². The maximum atomic E-state index is 12.3. The SMILES string of the molecule is CCC1(c2ccccc2)CCN(CN)C1=O. The van der Waals surface area contributed by atoms with Crippen molar-refractivity contribution in [3.8, 4) is 0 Å². The van der Waals surface area contributed by atoms with Gasteiger partial charge in [0.25, 0.3) is 0 Å². The molecule has 0 radical (unpaired) electrons. The predicted octanol–water partition coefficient (Wildman–Crippen LogP) is 1.48. The zero-order valence-electron chi connectivity index (χ0n) is 9.65. The molecule has 1 heterocycles. The fourth-order valence-electron chi connectivity index (χ4n) is 2.57. The van der Waals surface area contributed by atoms with E-state index in [-0.39, 0.29) is 11.3 Å². The molecule has 1 fully saturated rings. The van der Waals surface area contributed by atoms with Crippen LogP contribution in [0.2, 0.25) is 0 Å². The third kappa shape index (κ3) is 1.52. The van der Waals surface area contributed by atoms with E-state index in [4.69, 9.17) is 5.73 Å². The molecule has 0 aromatic heterocycles. The number of hydrogen-bond donors (Lipinski definition) is 1. The van der Waals surface area contributed by atoms with E-state index in [1.807, 2.05) is 30.3 Å². The number of nitrogens with zero attached hydrogens (tertiary/aromatic N) is 1. The van der Waals surface area contributed by atoms with Crippen molar-refractivity contribution in [2.24, 2.45) is 5.73 Å². The first kappa shape index (κ1) is 11.1. The first-order chi connectivity index (χ1) is 7.74. The lowest BCUT2D eigenvalue weighted by Crippen LogP contribution is -2.39. The van der Waals surface area contributed by atoms with E-state index in [1.54, 1.807) is 4.90 Å². The predicted molar refractivity (Wildman–Crippen MR) is 63.8 cm³/mol. The molecular formula is C13H18N2O. The van der Waals surface area contributed by atoms with Gasteiger partial charge in [-0.05, 0) is 18.4 Å². The van der Waals surface area contributed by atoms with Gasteiger partial charge in [-0.25, -0.2) is 0 Å². The van der Waals surface area contributed by atoms with E-state index in [2.05, 4.69) is 6.92 Å². The highest BCUT2D eigenvalue weighted by atomic mass is 16.2. The van der Waals surface area contributed by atoms with Crippen LogP contribution in [0.25, 0.3) is 0 Å². The molecule has 1 aliphatic rings. The molecule has 2 rings (SSSR count). The van der Waals surface area contributed by atoms with Crippen molar-refractivity contribution in [3.63, 3.8) is 0 Å². The molecule has 3 nitrogen and oxygen atoms in total. The Balaban J connectivity index is 2.39. The van der Waals surface area contributed by atoms with Crippen LogP contribution < -0.4 is 5.73 Å². The second-order valence-electron chi connectivity index (χ2n) is 4.30. The van der Waals surface area contributed by atoms with Crippen LogP contribution in [0.5, 0.6) is 0 Å². The summed E-state index contributed by atoms with van der Waals surface area (Å²) in [5.41, 5.74) is 6.37. The summed E-state index contributed by atoms with van der Waals surface area (Å²) < 4.78 is 0. The highest BCUT2D eigenvalue weighted by Gasteiger charge is 2.45. The van der Waals surface area contributed by atoms with Gasteiger partial charge in [-0.3, -0.25) is 4.79 Å². The number of benzene rings is 1. The van der Waals surface area contributed by atoms with Crippen molar-refractivity contribution in [1.29, 1.82) is 0 Å². The van der Waals surface area contributed by atoms with Gasteiger partial charge in [0.05, 0.1) is 12.1 Å². The molecule has 0 spiro atoms. The molecule has 3 heteroatoms. The third-order valence-electron chi connectivity index (χ3n) is 3.66. The van der Waals surface area contributed by atoms with Gasteiger partial charge in [-0.1, -0.05) is 37.3 Å². The van der Waals surface area contributed by atoms with Crippen molar-refractivity contribution >= 4 is 5.91 Å². The molecule has 1 saturated heterocycles. The largest absolute Gasteiger partial charge is 0.329 e. The van der Waals surface area contributed by atoms with Crippen LogP contribution in [0, 0.1) is 0 Å². The van der Waals surface area contributed by atoms with Crippen LogP contribution in [0.15, 0.2) is 30.3 Å². The van der Waals surface area contributed by atoms with E-state index in [0.717, 1.165) is 24.9 Å². The quantitative estimate of drug-likeness (QED) is 0.835. The highest BCUT2D eigenvalue weighted by molar-refractivity contribution is 5.90. The fraction of sp³-hybridized carbons (Fsp3) is 0.462. The van der Waals surface area contributed by atoms with Crippen molar-refractivity contribution < 1.29 is 4.79 Å². The molecule has 1 unspecified atom stereocenters. The highest BCUT2D eigenvalue weighted by Crippen LogP contribution is 2.38. The summed E-state index contributed by atoms with van der Waals surface area (Å²) in [6, 6.07) is 10.0. The maximum absolute atomic E-state index is 12.3. The van der Waals surface area contributed by atoms with Gasteiger partial charge in [-0.2, -0.15) is 0 Å². The van der Waals surface area contributed by atoms with E-state index < -0.39 is 0 Å². The molecule has 1 amide bonds. The van der Waals surface area contributed by atoms with Gasteiger partial charge in [-0.15, -0.1) is 0 Å². The average molecular weight is 218 g/mol. The number of carbonyl (C=O) groups excluding carboxylic acids is 1. The average Bonchev–Trinajstić information content (AvgIpc) is 2.68. The second-order valence-corrected chi connectivity index (χ2v) is 4.30. The molecule has 1 aromatic carbocycles. The minimum Gasteiger partial charge on any atom is -0.329 e. The number of amides is 1. The monoisotopic (exact) mass is 218 g/mol. The molecule has 1 aliphatic heterocycles. The summed E-state index contributed by atoms with van der Waals surface area (Å²) in [5, 5.41) is 0. The summed E-state index contributed by atoms with van der Waals surface area (Å²) in [6.07, 6.45) is 1.72. The number of hydrogen-bond acceptors (Lipinski definition) is 2. The molecule has 0 bridgehead atoms. The van der Waals surface area contributed by atoms with Gasteiger partial charge in [0.1, 0.15) is 0 Å². The molecule has 2 N–H and O–H groups in total. The summed E-state index contributed by atoms with van der Waals surface area (Å²) in [4.78, 5) is 14.1. The first-order valence-corrected chi connectivity index (χ1v) is 5.79. The Bertz CT molecular complexity index is 377. The fourth-order valence-corrected chi connectivity index (χ4v) is 2.57. The third-order valence-corrected chi connectivity index (χ3v) is 3.66. The summed E-state index contributed by atoms with van der Waals surface area (Å²) >= 11 is 0. The first-order valence-electron chi connectivity index (χ1n) is 5.79. The lowest BCUT2D eigenvalue weighted by molar-refractivity contribution is -0.132. The van der Waals surface area contributed by atoms with Crippen molar-refractivity contribution in [1.82, 2.24) is 4.90 Å². The standard InChI is InChI=1S/C13H18N2O/c1-2-13(11-6-4-3-5-7-11)8-9-15(10-14)12(13)16/h3-7H,2,8-10,14H2,1H3. The van der Waals surface area contributed by atoms with Crippen molar-refractivity contribution in [2.45, 2.75) is 25.2 Å². The molecule has 1 aromatic rings. The molecular weight excluding hydrogens is 200 g/mol. The van der Waals surface area contributed by atoms with Crippen LogP contribution in [0.3, 0.4) is 0 Å². The number of likely N-dealkylation sites (tertiary alicyclic amines) is 1.